The molecule has 0 aliphatic carbocycles. The lowest BCUT2D eigenvalue weighted by molar-refractivity contribution is 0.477. The molecule has 0 aliphatic heterocycles. The first-order valence-corrected chi connectivity index (χ1v) is 5.46. The van der Waals surface area contributed by atoms with Gasteiger partial charge in [-0.2, -0.15) is 5.10 Å². The molecule has 5 heteroatoms. The average Bonchev–Trinajstić information content (AvgIpc) is 2.90. The third kappa shape index (κ3) is 1.82. The van der Waals surface area contributed by atoms with Crippen molar-refractivity contribution in [2.75, 3.05) is 0 Å². The Kier molecular flexibility index (Phi) is 2.49. The van der Waals surface area contributed by atoms with Gasteiger partial charge in [-0.15, -0.1) is 0 Å². The lowest BCUT2D eigenvalue weighted by atomic mass is 10.2. The van der Waals surface area contributed by atoms with Gasteiger partial charge in [0.15, 0.2) is 11.6 Å². The van der Waals surface area contributed by atoms with E-state index in [2.05, 4.69) is 20.2 Å². The number of hydrogen-bond donors (Lipinski definition) is 2. The molecule has 0 saturated carbocycles. The van der Waals surface area contributed by atoms with Crippen LogP contribution in [0.1, 0.15) is 0 Å². The van der Waals surface area contributed by atoms with E-state index in [-0.39, 0.29) is 5.75 Å². The summed E-state index contributed by atoms with van der Waals surface area (Å²) in [6.07, 6.45) is 3.37. The number of pyridine rings is 1. The Morgan fingerprint density at radius 3 is 2.56 bits per heavy atom. The lowest BCUT2D eigenvalue weighted by Gasteiger charge is -1.98. The van der Waals surface area contributed by atoms with E-state index in [1.807, 2.05) is 18.2 Å². The number of nitrogens with zero attached hydrogens (tertiary/aromatic N) is 3. The topological polar surface area (TPSA) is 74.7 Å². The Hall–Kier alpha value is -2.69. The zero-order valence-corrected chi connectivity index (χ0v) is 9.41. The van der Waals surface area contributed by atoms with Crippen molar-refractivity contribution < 1.29 is 5.11 Å². The van der Waals surface area contributed by atoms with Crippen LogP contribution in [0.3, 0.4) is 0 Å². The van der Waals surface area contributed by atoms with E-state index in [4.69, 9.17) is 0 Å². The molecule has 0 unspecified atom stereocenters. The maximum absolute atomic E-state index is 9.75. The monoisotopic (exact) mass is 238 g/mol. The Morgan fingerprint density at radius 1 is 1.00 bits per heavy atom. The van der Waals surface area contributed by atoms with E-state index in [0.29, 0.717) is 17.2 Å². The zero-order valence-electron chi connectivity index (χ0n) is 9.41. The number of rotatable bonds is 2. The first-order valence-electron chi connectivity index (χ1n) is 5.46. The third-order valence-electron chi connectivity index (χ3n) is 2.58. The number of aromatic nitrogens is 4. The third-order valence-corrected chi connectivity index (χ3v) is 2.58. The molecule has 1 aromatic carbocycles. The summed E-state index contributed by atoms with van der Waals surface area (Å²) < 4.78 is 0. The van der Waals surface area contributed by atoms with E-state index < -0.39 is 0 Å². The molecule has 0 saturated heterocycles. The van der Waals surface area contributed by atoms with E-state index in [9.17, 15) is 5.11 Å². The van der Waals surface area contributed by atoms with Crippen molar-refractivity contribution in [2.45, 2.75) is 0 Å². The second kappa shape index (κ2) is 4.29. The average molecular weight is 238 g/mol. The maximum atomic E-state index is 9.75. The molecule has 0 aliphatic rings. The van der Waals surface area contributed by atoms with Gasteiger partial charge in [-0.3, -0.25) is 10.1 Å². The fraction of sp³-hybridized carbons (Fsp3) is 0. The molecule has 18 heavy (non-hydrogen) atoms. The standard InChI is InChI=1S/C13H10N4O/c18-11-4-2-1-3-10(11)13-15-12(16-17-13)9-5-7-14-8-6-9/h1-8,18H,(H,15,16,17). The molecule has 3 aromatic rings. The number of nitrogens with one attached hydrogen (secondary N) is 1. The van der Waals surface area contributed by atoms with Gasteiger partial charge in [0.2, 0.25) is 0 Å². The number of aromatic hydroxyl groups is 1. The largest absolute Gasteiger partial charge is 0.507 e. The molecule has 88 valence electrons. The van der Waals surface area contributed by atoms with Gasteiger partial charge in [0.1, 0.15) is 5.75 Å². The molecule has 0 amide bonds. The van der Waals surface area contributed by atoms with Crippen molar-refractivity contribution in [3.8, 4) is 28.5 Å². The van der Waals surface area contributed by atoms with E-state index >= 15 is 0 Å². The van der Waals surface area contributed by atoms with Gasteiger partial charge < -0.3 is 5.11 Å². The molecule has 2 heterocycles. The predicted octanol–water partition coefficient (Wildman–Crippen LogP) is 2.24. The first kappa shape index (κ1) is 10.5. The van der Waals surface area contributed by atoms with E-state index in [0.717, 1.165) is 5.56 Å². The van der Waals surface area contributed by atoms with Gasteiger partial charge in [0.25, 0.3) is 0 Å². The molecule has 2 N–H and O–H groups in total. The lowest BCUT2D eigenvalue weighted by Crippen LogP contribution is -1.82. The minimum atomic E-state index is 0.176. The highest BCUT2D eigenvalue weighted by atomic mass is 16.3. The van der Waals surface area contributed by atoms with Crippen molar-refractivity contribution in [1.82, 2.24) is 20.2 Å². The highest BCUT2D eigenvalue weighted by Gasteiger charge is 2.10. The van der Waals surface area contributed by atoms with Crippen LogP contribution in [-0.4, -0.2) is 25.3 Å². The predicted molar refractivity (Wildman–Crippen MR) is 66.7 cm³/mol. The van der Waals surface area contributed by atoms with E-state index in [1.54, 1.807) is 30.6 Å². The summed E-state index contributed by atoms with van der Waals surface area (Å²) in [5.74, 6) is 1.30. The van der Waals surface area contributed by atoms with Crippen LogP contribution < -0.4 is 0 Å². The molecular weight excluding hydrogens is 228 g/mol. The molecule has 0 fully saturated rings. The fourth-order valence-electron chi connectivity index (χ4n) is 1.69. The van der Waals surface area contributed by atoms with Crippen LogP contribution in [-0.2, 0) is 0 Å². The van der Waals surface area contributed by atoms with Crippen LogP contribution in [0.15, 0.2) is 48.8 Å². The van der Waals surface area contributed by atoms with Crippen molar-refractivity contribution in [3.05, 3.63) is 48.8 Å². The Bertz CT molecular complexity index is 664. The smallest absolute Gasteiger partial charge is 0.181 e. The molecule has 0 radical (unpaired) electrons. The number of phenols is 1. The van der Waals surface area contributed by atoms with Crippen molar-refractivity contribution >= 4 is 0 Å². The van der Waals surface area contributed by atoms with Crippen LogP contribution >= 0.6 is 0 Å². The van der Waals surface area contributed by atoms with Crippen LogP contribution in [0, 0.1) is 0 Å². The minimum Gasteiger partial charge on any atom is -0.507 e. The Balaban J connectivity index is 2.03. The van der Waals surface area contributed by atoms with Gasteiger partial charge in [-0.1, -0.05) is 12.1 Å². The Labute approximate surface area is 103 Å². The van der Waals surface area contributed by atoms with Crippen molar-refractivity contribution in [1.29, 1.82) is 0 Å². The van der Waals surface area contributed by atoms with Crippen molar-refractivity contribution in [2.24, 2.45) is 0 Å². The van der Waals surface area contributed by atoms with Crippen LogP contribution in [0.5, 0.6) is 5.75 Å². The van der Waals surface area contributed by atoms with Crippen LogP contribution in [0.2, 0.25) is 0 Å². The van der Waals surface area contributed by atoms with Gasteiger partial charge in [-0.25, -0.2) is 4.98 Å². The molecule has 5 nitrogen and oxygen atoms in total. The quantitative estimate of drug-likeness (QED) is 0.718. The highest BCUT2D eigenvalue weighted by Crippen LogP contribution is 2.26. The normalized spacial score (nSPS) is 10.4. The SMILES string of the molecule is Oc1ccccc1-c1nc(-c2ccncc2)n[nH]1. The van der Waals surface area contributed by atoms with Gasteiger partial charge in [0.05, 0.1) is 5.56 Å². The van der Waals surface area contributed by atoms with Gasteiger partial charge in [-0.05, 0) is 24.3 Å². The number of H-pyrrole nitrogens is 1. The summed E-state index contributed by atoms with van der Waals surface area (Å²) in [6, 6.07) is 10.7. The molecule has 0 spiro atoms. The number of hydrogen-bond acceptors (Lipinski definition) is 4. The molecule has 3 rings (SSSR count). The fourth-order valence-corrected chi connectivity index (χ4v) is 1.69. The first-order chi connectivity index (χ1) is 8.84. The second-order valence-electron chi connectivity index (χ2n) is 3.76. The zero-order chi connectivity index (χ0) is 12.4. The number of para-hydroxylation sites is 1. The summed E-state index contributed by atoms with van der Waals surface area (Å²) in [4.78, 5) is 8.30. The number of aromatic amines is 1. The molecule has 2 aromatic heterocycles. The summed E-state index contributed by atoms with van der Waals surface area (Å²) in [5, 5.41) is 16.7. The van der Waals surface area contributed by atoms with Gasteiger partial charge >= 0.3 is 0 Å². The highest BCUT2D eigenvalue weighted by molar-refractivity contribution is 5.65. The van der Waals surface area contributed by atoms with Crippen LogP contribution in [0.4, 0.5) is 0 Å². The summed E-state index contributed by atoms with van der Waals surface area (Å²) in [6.45, 7) is 0. The summed E-state index contributed by atoms with van der Waals surface area (Å²) >= 11 is 0. The van der Waals surface area contributed by atoms with Crippen LogP contribution in [0.25, 0.3) is 22.8 Å². The molecule has 0 atom stereocenters. The number of phenolic OH excluding ortho intramolecular Hbond substituents is 1. The van der Waals surface area contributed by atoms with E-state index in [1.165, 1.54) is 0 Å². The summed E-state index contributed by atoms with van der Waals surface area (Å²) in [5.41, 5.74) is 1.51. The maximum Gasteiger partial charge on any atom is 0.181 e. The Morgan fingerprint density at radius 2 is 1.78 bits per heavy atom. The minimum absolute atomic E-state index is 0.176. The number of benzene rings is 1. The summed E-state index contributed by atoms with van der Waals surface area (Å²) in [7, 11) is 0. The molecule has 0 bridgehead atoms. The molecular formula is C13H10N4O. The van der Waals surface area contributed by atoms with Gasteiger partial charge in [0, 0.05) is 18.0 Å². The second-order valence-corrected chi connectivity index (χ2v) is 3.76. The van der Waals surface area contributed by atoms with Crippen molar-refractivity contribution in [3.63, 3.8) is 0 Å².